The maximum Gasteiger partial charge on any atom is 0.162 e. The highest BCUT2D eigenvalue weighted by atomic mass is 35.5. The zero-order chi connectivity index (χ0) is 5.86. The van der Waals surface area contributed by atoms with Crippen LogP contribution in [0.4, 0.5) is 0 Å². The van der Waals surface area contributed by atoms with Crippen LogP contribution in [0, 0.1) is 0 Å². The van der Waals surface area contributed by atoms with Gasteiger partial charge in [0.15, 0.2) is 4.91 Å². The van der Waals surface area contributed by atoms with Crippen molar-refractivity contribution in [3.05, 3.63) is 11.2 Å². The quantitative estimate of drug-likeness (QED) is 0.352. The van der Waals surface area contributed by atoms with Gasteiger partial charge in [-0.15, -0.1) is 0 Å². The minimum absolute atomic E-state index is 0. The minimum Gasteiger partial charge on any atom is -1.00 e. The first-order valence-electron chi connectivity index (χ1n) is 2.07. The predicted octanol–water partition coefficient (Wildman–Crippen LogP) is -1.71. The summed E-state index contributed by atoms with van der Waals surface area (Å²) in [5, 5.41) is 8.35. The highest BCUT2D eigenvalue weighted by molar-refractivity contribution is 7.99. The average Bonchev–Trinajstić information content (AvgIpc) is 1.65. The van der Waals surface area contributed by atoms with Crippen LogP contribution in [0.1, 0.15) is 6.92 Å². The van der Waals surface area contributed by atoms with Gasteiger partial charge in [-0.05, 0) is 0 Å². The standard InChI is InChI=1S/C5H10OS.ClH/c1-5(4-6)7(2)3;/h4H,1-3H3;1H/b5-4+;. The van der Waals surface area contributed by atoms with Gasteiger partial charge in [0.25, 0.3) is 0 Å². The zero-order valence-electron chi connectivity index (χ0n) is 5.31. The predicted molar refractivity (Wildman–Crippen MR) is 35.6 cm³/mol. The van der Waals surface area contributed by atoms with E-state index in [9.17, 15) is 0 Å². The average molecular weight is 155 g/mol. The van der Waals surface area contributed by atoms with Crippen LogP contribution in [0.5, 0.6) is 0 Å². The molecular weight excluding hydrogens is 144 g/mol. The molecule has 0 amide bonds. The Balaban J connectivity index is 0. The number of halogens is 1. The summed E-state index contributed by atoms with van der Waals surface area (Å²) >= 11 is 0. The molecule has 0 atom stereocenters. The van der Waals surface area contributed by atoms with E-state index in [1.807, 2.05) is 6.92 Å². The van der Waals surface area contributed by atoms with Crippen LogP contribution in [0.3, 0.4) is 0 Å². The van der Waals surface area contributed by atoms with Gasteiger partial charge in [-0.1, -0.05) is 0 Å². The van der Waals surface area contributed by atoms with Crippen molar-refractivity contribution in [2.75, 3.05) is 12.5 Å². The third-order valence-electron chi connectivity index (χ3n) is 0.826. The van der Waals surface area contributed by atoms with Gasteiger partial charge in [0.05, 0.1) is 0 Å². The second-order valence-corrected chi connectivity index (χ2v) is 3.83. The molecule has 0 fully saturated rings. The Hall–Kier alpha value is 0.180. The van der Waals surface area contributed by atoms with Crippen LogP contribution in [-0.4, -0.2) is 17.6 Å². The van der Waals surface area contributed by atoms with Crippen LogP contribution >= 0.6 is 0 Å². The zero-order valence-corrected chi connectivity index (χ0v) is 6.88. The van der Waals surface area contributed by atoms with Crippen molar-refractivity contribution < 1.29 is 17.5 Å². The molecule has 0 aliphatic heterocycles. The first-order valence-corrected chi connectivity index (χ1v) is 4.11. The Bertz CT molecular complexity index is 80.5. The van der Waals surface area contributed by atoms with Crippen molar-refractivity contribution in [2.24, 2.45) is 0 Å². The summed E-state index contributed by atoms with van der Waals surface area (Å²) in [5.41, 5.74) is 0. The van der Waals surface area contributed by atoms with E-state index >= 15 is 0 Å². The summed E-state index contributed by atoms with van der Waals surface area (Å²) in [6.07, 6.45) is 5.31. The van der Waals surface area contributed by atoms with E-state index in [1.54, 1.807) is 0 Å². The number of aliphatic hydroxyl groups is 1. The van der Waals surface area contributed by atoms with Crippen molar-refractivity contribution >= 4 is 10.9 Å². The van der Waals surface area contributed by atoms with Crippen LogP contribution in [-0.2, 0) is 10.9 Å². The SMILES string of the molecule is C/C(=C\O)[S+](C)C.[Cl-]. The van der Waals surface area contributed by atoms with E-state index in [1.165, 1.54) is 6.26 Å². The van der Waals surface area contributed by atoms with Crippen molar-refractivity contribution in [3.63, 3.8) is 0 Å². The molecule has 0 aliphatic carbocycles. The molecule has 0 aliphatic rings. The highest BCUT2D eigenvalue weighted by Crippen LogP contribution is 1.99. The van der Waals surface area contributed by atoms with Crippen molar-refractivity contribution in [1.29, 1.82) is 0 Å². The van der Waals surface area contributed by atoms with E-state index in [0.29, 0.717) is 0 Å². The first-order chi connectivity index (χ1) is 3.18. The lowest BCUT2D eigenvalue weighted by molar-refractivity contribution is -0.00000251. The van der Waals surface area contributed by atoms with Gasteiger partial charge in [0.1, 0.15) is 18.8 Å². The summed E-state index contributed by atoms with van der Waals surface area (Å²) < 4.78 is 0. The number of hydrogen-bond donors (Lipinski definition) is 1. The van der Waals surface area contributed by atoms with Crippen LogP contribution in [0.15, 0.2) is 11.2 Å². The van der Waals surface area contributed by atoms with E-state index in [2.05, 4.69) is 12.5 Å². The van der Waals surface area contributed by atoms with Crippen molar-refractivity contribution in [3.8, 4) is 0 Å². The maximum absolute atomic E-state index is 8.35. The molecule has 0 rings (SSSR count). The van der Waals surface area contributed by atoms with Crippen LogP contribution < -0.4 is 12.4 Å². The van der Waals surface area contributed by atoms with Gasteiger partial charge in [0, 0.05) is 17.8 Å². The second-order valence-electron chi connectivity index (χ2n) is 1.56. The smallest absolute Gasteiger partial charge is 0.162 e. The fourth-order valence-corrected chi connectivity index (χ4v) is 0.316. The molecule has 8 heavy (non-hydrogen) atoms. The molecule has 1 nitrogen and oxygen atoms in total. The Morgan fingerprint density at radius 1 is 1.50 bits per heavy atom. The Morgan fingerprint density at radius 3 is 1.88 bits per heavy atom. The third-order valence-corrected chi connectivity index (χ3v) is 2.22. The van der Waals surface area contributed by atoms with Gasteiger partial charge in [0.2, 0.25) is 0 Å². The lowest BCUT2D eigenvalue weighted by atomic mass is 10.7. The van der Waals surface area contributed by atoms with Gasteiger partial charge in [-0.25, -0.2) is 0 Å². The number of hydrogen-bond acceptors (Lipinski definition) is 1. The summed E-state index contributed by atoms with van der Waals surface area (Å²) in [4.78, 5) is 1.06. The Labute approximate surface area is 59.5 Å². The Morgan fingerprint density at radius 2 is 1.88 bits per heavy atom. The topological polar surface area (TPSA) is 20.2 Å². The molecule has 0 unspecified atom stereocenters. The summed E-state index contributed by atoms with van der Waals surface area (Å²) in [7, 11) is 0.251. The summed E-state index contributed by atoms with van der Waals surface area (Å²) in [5.74, 6) is 0. The maximum atomic E-state index is 8.35. The minimum atomic E-state index is 0. The lowest BCUT2D eigenvalue weighted by Gasteiger charge is -1.88. The van der Waals surface area contributed by atoms with Crippen molar-refractivity contribution in [1.82, 2.24) is 0 Å². The molecule has 0 radical (unpaired) electrons. The lowest BCUT2D eigenvalue weighted by Crippen LogP contribution is -3.00. The van der Waals surface area contributed by atoms with E-state index in [0.717, 1.165) is 4.91 Å². The Kier molecular flexibility index (Phi) is 7.34. The fourth-order valence-electron chi connectivity index (χ4n) is 0.105. The molecule has 50 valence electrons. The largest absolute Gasteiger partial charge is 1.00 e. The molecule has 0 saturated heterocycles. The van der Waals surface area contributed by atoms with Crippen LogP contribution in [0.2, 0.25) is 0 Å². The molecule has 0 aromatic carbocycles. The van der Waals surface area contributed by atoms with E-state index in [-0.39, 0.29) is 23.3 Å². The molecule has 3 heteroatoms. The van der Waals surface area contributed by atoms with Crippen LogP contribution in [0.25, 0.3) is 0 Å². The monoisotopic (exact) mass is 154 g/mol. The second kappa shape index (κ2) is 5.32. The molecule has 1 N–H and O–H groups in total. The molecule has 0 aromatic rings. The fraction of sp³-hybridized carbons (Fsp3) is 0.600. The number of rotatable bonds is 1. The van der Waals surface area contributed by atoms with E-state index in [4.69, 9.17) is 5.11 Å². The number of aliphatic hydroxyl groups excluding tert-OH is 1. The third kappa shape index (κ3) is 4.34. The normalized spacial score (nSPS) is 11.2. The van der Waals surface area contributed by atoms with Gasteiger partial charge in [-0.2, -0.15) is 0 Å². The molecule has 0 aromatic heterocycles. The molecule has 0 saturated carbocycles. The van der Waals surface area contributed by atoms with E-state index < -0.39 is 0 Å². The first kappa shape index (κ1) is 11.0. The highest BCUT2D eigenvalue weighted by Gasteiger charge is 2.03. The van der Waals surface area contributed by atoms with Gasteiger partial charge >= 0.3 is 0 Å². The van der Waals surface area contributed by atoms with Crippen molar-refractivity contribution in [2.45, 2.75) is 6.92 Å². The summed E-state index contributed by atoms with van der Waals surface area (Å²) in [6, 6.07) is 0. The summed E-state index contributed by atoms with van der Waals surface area (Å²) in [6.45, 7) is 1.92. The molecule has 0 spiro atoms. The molecule has 0 bridgehead atoms. The number of allylic oxidation sites excluding steroid dienone is 1. The molecular formula is C5H11ClOS. The van der Waals surface area contributed by atoms with Gasteiger partial charge in [-0.3, -0.25) is 0 Å². The molecule has 0 heterocycles. The van der Waals surface area contributed by atoms with Gasteiger partial charge < -0.3 is 17.5 Å².